The van der Waals surface area contributed by atoms with E-state index in [-0.39, 0.29) is 18.7 Å². The van der Waals surface area contributed by atoms with Crippen LogP contribution in [0.15, 0.2) is 53.3 Å². The predicted molar refractivity (Wildman–Crippen MR) is 133 cm³/mol. The highest BCUT2D eigenvalue weighted by Crippen LogP contribution is 2.14. The molecule has 0 aliphatic carbocycles. The number of H-pyrrole nitrogens is 1. The minimum absolute atomic E-state index is 0.0671. The van der Waals surface area contributed by atoms with Crippen LogP contribution in [0, 0.1) is 0 Å². The lowest BCUT2D eigenvalue weighted by Crippen LogP contribution is -3.08. The zero-order valence-corrected chi connectivity index (χ0v) is 20.8. The summed E-state index contributed by atoms with van der Waals surface area (Å²) >= 11 is 0. The Labute approximate surface area is 208 Å². The van der Waals surface area contributed by atoms with Crippen LogP contribution in [0.1, 0.15) is 36.4 Å². The van der Waals surface area contributed by atoms with Crippen molar-refractivity contribution < 1.29 is 19.2 Å². The average Bonchev–Trinajstić information content (AvgIpc) is 3.30. The van der Waals surface area contributed by atoms with E-state index in [9.17, 15) is 9.59 Å². The first-order valence-corrected chi connectivity index (χ1v) is 12.0. The number of aromatic nitrogens is 5. The third-order valence-corrected chi connectivity index (χ3v) is 6.05. The third-order valence-electron chi connectivity index (χ3n) is 6.05. The van der Waals surface area contributed by atoms with Gasteiger partial charge in [-0.25, -0.2) is 4.68 Å². The van der Waals surface area contributed by atoms with Crippen LogP contribution < -0.4 is 15.2 Å². The summed E-state index contributed by atoms with van der Waals surface area (Å²) in [5, 5.41) is 12.9. The number of nitrogens with zero attached hydrogens (tertiary/aromatic N) is 4. The zero-order chi connectivity index (χ0) is 25.5. The normalized spacial score (nSPS) is 12.0. The predicted octanol–water partition coefficient (Wildman–Crippen LogP) is 1.43. The van der Waals surface area contributed by atoms with Crippen molar-refractivity contribution in [1.29, 1.82) is 0 Å². The van der Waals surface area contributed by atoms with Gasteiger partial charge in [-0.1, -0.05) is 13.0 Å². The fraction of sp³-hybridized carbons (Fsp3) is 0.346. The fourth-order valence-corrected chi connectivity index (χ4v) is 4.17. The van der Waals surface area contributed by atoms with Crippen molar-refractivity contribution in [3.63, 3.8) is 0 Å². The molecule has 0 saturated carbocycles. The van der Waals surface area contributed by atoms with E-state index in [4.69, 9.17) is 9.47 Å². The Bertz CT molecular complexity index is 1380. The number of aromatic amines is 1. The summed E-state index contributed by atoms with van der Waals surface area (Å²) in [5.74, 6) is 0.911. The Morgan fingerprint density at radius 1 is 1.03 bits per heavy atom. The second kappa shape index (κ2) is 11.6. The summed E-state index contributed by atoms with van der Waals surface area (Å²) in [6, 6.07) is 15.9. The van der Waals surface area contributed by atoms with Gasteiger partial charge in [0.15, 0.2) is 0 Å². The van der Waals surface area contributed by atoms with Crippen LogP contribution in [-0.2, 0) is 42.1 Å². The maximum Gasteiger partial charge on any atom is 0.327 e. The molecule has 36 heavy (non-hydrogen) atoms. The third kappa shape index (κ3) is 6.14. The molecule has 10 heteroatoms. The molecule has 4 rings (SSSR count). The second-order valence-corrected chi connectivity index (χ2v) is 8.59. The van der Waals surface area contributed by atoms with Gasteiger partial charge in [-0.05, 0) is 77.2 Å². The van der Waals surface area contributed by atoms with Crippen LogP contribution in [-0.4, -0.2) is 44.9 Å². The highest BCUT2D eigenvalue weighted by Gasteiger charge is 2.20. The number of nitrogens with one attached hydrogen (secondary N) is 2. The van der Waals surface area contributed by atoms with Gasteiger partial charge in [0.25, 0.3) is 5.56 Å². The number of rotatable bonds is 11. The lowest BCUT2D eigenvalue weighted by Gasteiger charge is -2.19. The molecule has 2 N–H and O–H groups in total. The molecule has 1 unspecified atom stereocenters. The number of tetrazole rings is 1. The van der Waals surface area contributed by atoms with Gasteiger partial charge in [0.1, 0.15) is 31.9 Å². The second-order valence-electron chi connectivity index (χ2n) is 8.59. The fourth-order valence-electron chi connectivity index (χ4n) is 4.17. The molecule has 0 bridgehead atoms. The topological polar surface area (TPSA) is 116 Å². The number of fused-ring (bicyclic) bond motifs is 1. The number of ether oxygens (including phenoxy) is 2. The summed E-state index contributed by atoms with van der Waals surface area (Å²) in [7, 11) is 1.63. The first kappa shape index (κ1) is 25.1. The molecule has 0 amide bonds. The van der Waals surface area contributed by atoms with E-state index >= 15 is 0 Å². The van der Waals surface area contributed by atoms with Gasteiger partial charge >= 0.3 is 5.97 Å². The first-order chi connectivity index (χ1) is 17.5. The maximum absolute atomic E-state index is 13.0. The standard InChI is InChI=1S/C26H30N6O4/c1-4-18-8-11-23-20(12-18)13-21(26(34)27-23)15-31(14-19-6-9-22(35-3)10-7-19)16-24-28-29-30-32(24)17-25(33)36-5-2/h6-13H,4-5,14-17H2,1-3H3,(H,27,34)/p+1. The Balaban J connectivity index is 1.63. The van der Waals surface area contributed by atoms with E-state index < -0.39 is 5.97 Å². The van der Waals surface area contributed by atoms with Crippen molar-refractivity contribution in [2.75, 3.05) is 13.7 Å². The van der Waals surface area contributed by atoms with Gasteiger partial charge in [0.05, 0.1) is 19.3 Å². The molecule has 0 radical (unpaired) electrons. The van der Waals surface area contributed by atoms with Gasteiger partial charge in [-0.15, -0.1) is 5.10 Å². The molecule has 4 aromatic rings. The summed E-state index contributed by atoms with van der Waals surface area (Å²) in [6.07, 6.45) is 0.919. The lowest BCUT2D eigenvalue weighted by molar-refractivity contribution is -0.941. The highest BCUT2D eigenvalue weighted by atomic mass is 16.5. The summed E-state index contributed by atoms with van der Waals surface area (Å²) in [6.45, 7) is 5.55. The minimum atomic E-state index is -0.402. The number of quaternary nitrogens is 1. The van der Waals surface area contributed by atoms with Crippen LogP contribution in [0.2, 0.25) is 0 Å². The smallest absolute Gasteiger partial charge is 0.327 e. The Morgan fingerprint density at radius 2 is 1.81 bits per heavy atom. The van der Waals surface area contributed by atoms with Crippen LogP contribution in [0.25, 0.3) is 10.9 Å². The van der Waals surface area contributed by atoms with Gasteiger partial charge in [0.2, 0.25) is 5.82 Å². The summed E-state index contributed by atoms with van der Waals surface area (Å²) in [5.41, 5.74) is 3.64. The molecule has 0 aliphatic heterocycles. The highest BCUT2D eigenvalue weighted by molar-refractivity contribution is 5.79. The number of hydrogen-bond acceptors (Lipinski definition) is 7. The molecule has 188 valence electrons. The van der Waals surface area contributed by atoms with Crippen molar-refractivity contribution in [3.8, 4) is 5.75 Å². The summed E-state index contributed by atoms with van der Waals surface area (Å²) in [4.78, 5) is 29.0. The molecular weight excluding hydrogens is 460 g/mol. The van der Waals surface area contributed by atoms with Gasteiger partial charge < -0.3 is 19.4 Å². The number of methoxy groups -OCH3 is 1. The quantitative estimate of drug-likeness (QED) is 0.305. The number of carbonyl (C=O) groups is 1. The van der Waals surface area contributed by atoms with Crippen molar-refractivity contribution in [3.05, 3.63) is 81.4 Å². The van der Waals surface area contributed by atoms with Gasteiger partial charge in [-0.2, -0.15) is 0 Å². The van der Waals surface area contributed by atoms with E-state index in [2.05, 4.69) is 33.5 Å². The van der Waals surface area contributed by atoms with E-state index in [0.29, 0.717) is 31.0 Å². The molecule has 2 aromatic heterocycles. The Hall–Kier alpha value is -4.05. The average molecular weight is 492 g/mol. The van der Waals surface area contributed by atoms with Crippen LogP contribution in [0.4, 0.5) is 0 Å². The van der Waals surface area contributed by atoms with Gasteiger partial charge in [-0.3, -0.25) is 9.59 Å². The molecule has 0 aliphatic rings. The lowest BCUT2D eigenvalue weighted by atomic mass is 10.1. The number of hydrogen-bond donors (Lipinski definition) is 2. The first-order valence-electron chi connectivity index (χ1n) is 12.0. The molecule has 0 fully saturated rings. The van der Waals surface area contributed by atoms with Crippen molar-refractivity contribution >= 4 is 16.9 Å². The van der Waals surface area contributed by atoms with Crippen molar-refractivity contribution in [1.82, 2.24) is 25.2 Å². The number of esters is 1. The molecule has 10 nitrogen and oxygen atoms in total. The van der Waals surface area contributed by atoms with Gasteiger partial charge in [0, 0.05) is 11.1 Å². The van der Waals surface area contributed by atoms with E-state index in [1.807, 2.05) is 42.5 Å². The Kier molecular flexibility index (Phi) is 8.06. The largest absolute Gasteiger partial charge is 0.497 e. The van der Waals surface area contributed by atoms with Crippen LogP contribution in [0.3, 0.4) is 0 Å². The molecule has 0 saturated heterocycles. The molecule has 0 spiro atoms. The SMILES string of the molecule is CCOC(=O)Cn1nnnc1C[NH+](Cc1ccc(OC)cc1)Cc1cc2cc(CC)ccc2[nH]c1=O. The van der Waals surface area contributed by atoms with E-state index in [1.54, 1.807) is 14.0 Å². The van der Waals surface area contributed by atoms with Crippen molar-refractivity contribution in [2.24, 2.45) is 0 Å². The van der Waals surface area contributed by atoms with Crippen LogP contribution >= 0.6 is 0 Å². The number of pyridine rings is 1. The van der Waals surface area contributed by atoms with Crippen molar-refractivity contribution in [2.45, 2.75) is 46.4 Å². The number of benzene rings is 2. The molecule has 2 aromatic carbocycles. The summed E-state index contributed by atoms with van der Waals surface area (Å²) < 4.78 is 11.8. The number of aryl methyl sites for hydroxylation is 1. The van der Waals surface area contributed by atoms with E-state index in [0.717, 1.165) is 33.5 Å². The molecule has 1 atom stereocenters. The van der Waals surface area contributed by atoms with Crippen LogP contribution in [0.5, 0.6) is 5.75 Å². The Morgan fingerprint density at radius 3 is 2.53 bits per heavy atom. The van der Waals surface area contributed by atoms with E-state index in [1.165, 1.54) is 10.2 Å². The minimum Gasteiger partial charge on any atom is -0.497 e. The maximum atomic E-state index is 13.0. The molecular formula is C26H31N6O4+. The number of carbonyl (C=O) groups excluding carboxylic acids is 1. The molecule has 2 heterocycles. The monoisotopic (exact) mass is 491 g/mol. The zero-order valence-electron chi connectivity index (χ0n) is 20.8.